The SMILES string of the molecule is CCCCCCCCCC/C=C\CCCCCCCCCCCCCCCCCC(=O)OC(CO)COC(=O)CCCCCCCCCCCCCCCCCCCC. The highest BCUT2D eigenvalue weighted by molar-refractivity contribution is 5.70. The Morgan fingerprint density at radius 1 is 0.373 bits per heavy atom. The van der Waals surface area contributed by atoms with Gasteiger partial charge in [0.1, 0.15) is 6.61 Å². The second-order valence-corrected chi connectivity index (χ2v) is 18.3. The van der Waals surface area contributed by atoms with E-state index in [-0.39, 0.29) is 25.2 Å². The van der Waals surface area contributed by atoms with Crippen LogP contribution in [-0.4, -0.2) is 36.4 Å². The lowest BCUT2D eigenvalue weighted by Crippen LogP contribution is -2.28. The van der Waals surface area contributed by atoms with Crippen molar-refractivity contribution in [3.05, 3.63) is 12.2 Å². The molecule has 1 unspecified atom stereocenters. The highest BCUT2D eigenvalue weighted by atomic mass is 16.6. The number of carbonyl (C=O) groups excluding carboxylic acids is 2. The molecule has 0 rings (SSSR count). The van der Waals surface area contributed by atoms with Crippen molar-refractivity contribution in [2.45, 2.75) is 309 Å². The quantitative estimate of drug-likeness (QED) is 0.0375. The topological polar surface area (TPSA) is 72.8 Å². The first kappa shape index (κ1) is 57.6. The van der Waals surface area contributed by atoms with Gasteiger partial charge in [-0.2, -0.15) is 0 Å². The second-order valence-electron chi connectivity index (χ2n) is 18.3. The van der Waals surface area contributed by atoms with Crippen molar-refractivity contribution in [1.29, 1.82) is 0 Å². The smallest absolute Gasteiger partial charge is 0.306 e. The zero-order valence-electron chi connectivity index (χ0n) is 40.0. The molecule has 0 aromatic carbocycles. The van der Waals surface area contributed by atoms with Crippen LogP contribution in [0.4, 0.5) is 0 Å². The van der Waals surface area contributed by atoms with Crippen LogP contribution in [0.3, 0.4) is 0 Å². The molecule has 0 amide bonds. The van der Waals surface area contributed by atoms with E-state index in [2.05, 4.69) is 26.0 Å². The number of esters is 2. The number of allylic oxidation sites excluding steroid dienone is 2. The van der Waals surface area contributed by atoms with Crippen LogP contribution in [0.1, 0.15) is 303 Å². The largest absolute Gasteiger partial charge is 0.462 e. The van der Waals surface area contributed by atoms with Gasteiger partial charge in [-0.25, -0.2) is 0 Å². The maximum atomic E-state index is 12.3. The molecule has 1 N–H and O–H groups in total. The molecule has 0 aliphatic rings. The highest BCUT2D eigenvalue weighted by Crippen LogP contribution is 2.17. The van der Waals surface area contributed by atoms with E-state index in [1.54, 1.807) is 0 Å². The molecule has 0 bridgehead atoms. The first-order valence-electron chi connectivity index (χ1n) is 26.7. The number of aliphatic hydroxyl groups is 1. The molecule has 0 saturated heterocycles. The van der Waals surface area contributed by atoms with Gasteiger partial charge in [-0.05, 0) is 38.5 Å². The molecule has 0 heterocycles. The van der Waals surface area contributed by atoms with E-state index in [0.29, 0.717) is 12.8 Å². The van der Waals surface area contributed by atoms with Gasteiger partial charge < -0.3 is 14.6 Å². The second kappa shape index (κ2) is 51.0. The molecule has 5 nitrogen and oxygen atoms in total. The molecule has 350 valence electrons. The molecule has 0 aromatic rings. The van der Waals surface area contributed by atoms with Crippen molar-refractivity contribution in [1.82, 2.24) is 0 Å². The summed E-state index contributed by atoms with van der Waals surface area (Å²) < 4.78 is 10.7. The molecule has 0 fully saturated rings. The van der Waals surface area contributed by atoms with E-state index >= 15 is 0 Å². The fraction of sp³-hybridized carbons (Fsp3) is 0.926. The van der Waals surface area contributed by atoms with Gasteiger partial charge in [-0.1, -0.05) is 264 Å². The molecular formula is C54H104O5. The Kier molecular flexibility index (Phi) is 49.8. The summed E-state index contributed by atoms with van der Waals surface area (Å²) in [5.74, 6) is -0.569. The number of aliphatic hydroxyl groups excluding tert-OH is 1. The molecule has 0 saturated carbocycles. The third-order valence-corrected chi connectivity index (χ3v) is 12.3. The summed E-state index contributed by atoms with van der Waals surface area (Å²) in [5, 5.41) is 9.63. The van der Waals surface area contributed by atoms with Crippen molar-refractivity contribution in [2.75, 3.05) is 13.2 Å². The lowest BCUT2D eigenvalue weighted by atomic mass is 10.0. The van der Waals surface area contributed by atoms with Crippen LogP contribution in [0.5, 0.6) is 0 Å². The maximum absolute atomic E-state index is 12.3. The van der Waals surface area contributed by atoms with Crippen molar-refractivity contribution in [2.24, 2.45) is 0 Å². The summed E-state index contributed by atoms with van der Waals surface area (Å²) in [6.07, 6.45) is 61.8. The van der Waals surface area contributed by atoms with E-state index < -0.39 is 6.10 Å². The standard InChI is InChI=1S/C54H104O5/c1-3-5-7-9-11-13-15-17-19-21-23-24-25-26-27-28-29-30-31-33-35-37-39-41-43-45-47-49-54(57)59-52(50-55)51-58-53(56)48-46-44-42-40-38-36-34-32-22-20-18-16-14-12-10-8-6-4-2/h21,23,52,55H,3-20,22,24-51H2,1-2H3/b23-21-. The van der Waals surface area contributed by atoms with Gasteiger partial charge in [0.05, 0.1) is 6.61 Å². The van der Waals surface area contributed by atoms with Crippen molar-refractivity contribution < 1.29 is 24.2 Å². The van der Waals surface area contributed by atoms with Crippen molar-refractivity contribution in [3.63, 3.8) is 0 Å². The Bertz CT molecular complexity index is 856. The van der Waals surface area contributed by atoms with Gasteiger partial charge >= 0.3 is 11.9 Å². The van der Waals surface area contributed by atoms with Crippen LogP contribution in [-0.2, 0) is 19.1 Å². The van der Waals surface area contributed by atoms with E-state index in [4.69, 9.17) is 9.47 Å². The molecule has 0 radical (unpaired) electrons. The van der Waals surface area contributed by atoms with E-state index in [0.717, 1.165) is 32.1 Å². The molecule has 5 heteroatoms. The van der Waals surface area contributed by atoms with Crippen LogP contribution >= 0.6 is 0 Å². The Morgan fingerprint density at radius 2 is 0.627 bits per heavy atom. The van der Waals surface area contributed by atoms with Crippen molar-refractivity contribution >= 4 is 11.9 Å². The summed E-state index contributed by atoms with van der Waals surface area (Å²) in [5.41, 5.74) is 0. The van der Waals surface area contributed by atoms with Gasteiger partial charge in [0.25, 0.3) is 0 Å². The van der Waals surface area contributed by atoms with Gasteiger partial charge in [-0.3, -0.25) is 9.59 Å². The molecule has 0 aliphatic heterocycles. The van der Waals surface area contributed by atoms with Crippen LogP contribution in [0.25, 0.3) is 0 Å². The molecule has 0 spiro atoms. The van der Waals surface area contributed by atoms with Gasteiger partial charge in [0.15, 0.2) is 6.10 Å². The summed E-state index contributed by atoms with van der Waals surface area (Å²) in [7, 11) is 0. The lowest BCUT2D eigenvalue weighted by Gasteiger charge is -2.15. The summed E-state index contributed by atoms with van der Waals surface area (Å²) in [4.78, 5) is 24.5. The molecule has 0 aromatic heterocycles. The number of hydrogen-bond acceptors (Lipinski definition) is 5. The lowest BCUT2D eigenvalue weighted by molar-refractivity contribution is -0.161. The zero-order chi connectivity index (χ0) is 42.8. The van der Waals surface area contributed by atoms with Gasteiger partial charge in [0.2, 0.25) is 0 Å². The summed E-state index contributed by atoms with van der Waals surface area (Å²) >= 11 is 0. The Balaban J connectivity index is 3.42. The molecule has 0 aliphatic carbocycles. The number of carbonyl (C=O) groups is 2. The average Bonchev–Trinajstić information content (AvgIpc) is 3.24. The van der Waals surface area contributed by atoms with E-state index in [1.165, 1.54) is 244 Å². The first-order chi connectivity index (χ1) is 29.1. The predicted octanol–water partition coefficient (Wildman–Crippen LogP) is 17.6. The molecular weight excluding hydrogens is 729 g/mol. The van der Waals surface area contributed by atoms with Crippen LogP contribution in [0.15, 0.2) is 12.2 Å². The van der Waals surface area contributed by atoms with Gasteiger partial charge in [-0.15, -0.1) is 0 Å². The van der Waals surface area contributed by atoms with Gasteiger partial charge in [0, 0.05) is 12.8 Å². The summed E-state index contributed by atoms with van der Waals surface area (Å²) in [6, 6.07) is 0. The maximum Gasteiger partial charge on any atom is 0.306 e. The Hall–Kier alpha value is -1.36. The molecule has 59 heavy (non-hydrogen) atoms. The minimum atomic E-state index is -0.765. The van der Waals surface area contributed by atoms with E-state index in [1.807, 2.05) is 0 Å². The predicted molar refractivity (Wildman–Crippen MR) is 256 cm³/mol. The third kappa shape index (κ3) is 49.2. The van der Waals surface area contributed by atoms with Crippen LogP contribution in [0, 0.1) is 0 Å². The number of hydrogen-bond donors (Lipinski definition) is 1. The first-order valence-corrected chi connectivity index (χ1v) is 26.7. The monoisotopic (exact) mass is 833 g/mol. The number of unbranched alkanes of at least 4 members (excludes halogenated alkanes) is 40. The fourth-order valence-electron chi connectivity index (χ4n) is 8.26. The Morgan fingerprint density at radius 3 is 0.915 bits per heavy atom. The normalized spacial score (nSPS) is 12.1. The van der Waals surface area contributed by atoms with Crippen molar-refractivity contribution in [3.8, 4) is 0 Å². The third-order valence-electron chi connectivity index (χ3n) is 12.3. The fourth-order valence-corrected chi connectivity index (χ4v) is 8.26. The Labute approximate surface area is 369 Å². The average molecular weight is 833 g/mol. The van der Waals surface area contributed by atoms with Crippen LogP contribution < -0.4 is 0 Å². The van der Waals surface area contributed by atoms with E-state index in [9.17, 15) is 14.7 Å². The van der Waals surface area contributed by atoms with Crippen LogP contribution in [0.2, 0.25) is 0 Å². The number of ether oxygens (including phenoxy) is 2. The zero-order valence-corrected chi connectivity index (χ0v) is 40.0. The highest BCUT2D eigenvalue weighted by Gasteiger charge is 2.16. The number of rotatable bonds is 50. The minimum Gasteiger partial charge on any atom is -0.462 e. The minimum absolute atomic E-state index is 0.0579. The molecule has 1 atom stereocenters. The summed E-state index contributed by atoms with van der Waals surface area (Å²) in [6.45, 7) is 4.19.